The highest BCUT2D eigenvalue weighted by Crippen LogP contribution is 2.46. The number of carbonyl (C=O) groups excluding carboxylic acids is 3. The summed E-state index contributed by atoms with van der Waals surface area (Å²) in [5.74, 6) is -1.80. The topological polar surface area (TPSA) is 116 Å². The number of rotatable bonds is 4. The third-order valence-corrected chi connectivity index (χ3v) is 5.79. The van der Waals surface area contributed by atoms with Crippen molar-refractivity contribution in [3.63, 3.8) is 0 Å². The van der Waals surface area contributed by atoms with Crippen molar-refractivity contribution in [3.05, 3.63) is 87.2 Å². The van der Waals surface area contributed by atoms with Crippen LogP contribution in [0.15, 0.2) is 65.9 Å². The second-order valence-electron chi connectivity index (χ2n) is 8.84. The zero-order valence-electron chi connectivity index (χ0n) is 17.7. The lowest BCUT2D eigenvalue weighted by atomic mass is 9.70. The number of benzene rings is 2. The van der Waals surface area contributed by atoms with Gasteiger partial charge in [0, 0.05) is 42.0 Å². The molecule has 0 saturated heterocycles. The fourth-order valence-corrected chi connectivity index (χ4v) is 4.32. The van der Waals surface area contributed by atoms with E-state index in [1.807, 2.05) is 13.8 Å². The average molecular weight is 434 g/mol. The molecule has 0 unspecified atom stereocenters. The molecule has 2 aromatic rings. The number of amides is 1. The van der Waals surface area contributed by atoms with E-state index in [1.54, 1.807) is 30.3 Å². The zero-order valence-corrected chi connectivity index (χ0v) is 17.7. The van der Waals surface area contributed by atoms with E-state index in [0.29, 0.717) is 28.9 Å². The number of non-ortho nitro benzene ring substituents is 1. The van der Waals surface area contributed by atoms with Gasteiger partial charge >= 0.3 is 5.97 Å². The Bertz CT molecular complexity index is 1130. The predicted octanol–water partition coefficient (Wildman–Crippen LogP) is 3.68. The molecule has 0 bridgehead atoms. The van der Waals surface area contributed by atoms with Gasteiger partial charge in [0.1, 0.15) is 11.8 Å². The molecule has 0 saturated carbocycles. The van der Waals surface area contributed by atoms with E-state index in [2.05, 4.69) is 5.32 Å². The van der Waals surface area contributed by atoms with E-state index < -0.39 is 28.8 Å². The van der Waals surface area contributed by atoms with Crippen molar-refractivity contribution in [1.82, 2.24) is 5.32 Å². The van der Waals surface area contributed by atoms with Gasteiger partial charge in [0.25, 0.3) is 11.6 Å². The molecule has 0 radical (unpaired) electrons. The first-order valence-corrected chi connectivity index (χ1v) is 10.2. The van der Waals surface area contributed by atoms with E-state index in [9.17, 15) is 24.5 Å². The van der Waals surface area contributed by atoms with Crippen LogP contribution in [-0.2, 0) is 14.3 Å². The van der Waals surface area contributed by atoms with Gasteiger partial charge < -0.3 is 10.1 Å². The summed E-state index contributed by atoms with van der Waals surface area (Å²) in [6.07, 6.45) is 0.675. The number of nitrogens with one attached hydrogen (secondary N) is 1. The second-order valence-corrected chi connectivity index (χ2v) is 8.84. The Morgan fingerprint density at radius 1 is 1.06 bits per heavy atom. The fraction of sp³-hybridized carbons (Fsp3) is 0.292. The summed E-state index contributed by atoms with van der Waals surface area (Å²) >= 11 is 0. The minimum Gasteiger partial charge on any atom is -0.429 e. The third-order valence-electron chi connectivity index (χ3n) is 5.79. The fourth-order valence-electron chi connectivity index (χ4n) is 4.32. The number of allylic oxidation sites excluding steroid dienone is 1. The number of Topliss-reactive ketones (excluding diaryl/α,β-unsaturated/α-hetero) is 1. The average Bonchev–Trinajstić information content (AvgIpc) is 2.74. The van der Waals surface area contributed by atoms with Crippen LogP contribution in [0, 0.1) is 15.5 Å². The number of hydrogen-bond donors (Lipinski definition) is 1. The normalized spacial score (nSPS) is 22.1. The molecule has 0 spiro atoms. The molecule has 1 amide bonds. The van der Waals surface area contributed by atoms with E-state index in [4.69, 9.17) is 4.74 Å². The van der Waals surface area contributed by atoms with Crippen LogP contribution in [0.2, 0.25) is 0 Å². The van der Waals surface area contributed by atoms with Crippen LogP contribution in [0.3, 0.4) is 0 Å². The summed E-state index contributed by atoms with van der Waals surface area (Å²) in [4.78, 5) is 49.5. The van der Waals surface area contributed by atoms with Crippen molar-refractivity contribution in [2.45, 2.75) is 38.6 Å². The summed E-state index contributed by atoms with van der Waals surface area (Å²) in [7, 11) is 0. The van der Waals surface area contributed by atoms with Crippen molar-refractivity contribution < 1.29 is 24.0 Å². The molecule has 2 aromatic carbocycles. The number of ketones is 1. The van der Waals surface area contributed by atoms with Gasteiger partial charge in [-0.05, 0) is 23.1 Å². The number of hydrogen-bond acceptors (Lipinski definition) is 6. The summed E-state index contributed by atoms with van der Waals surface area (Å²) < 4.78 is 5.56. The SMILES string of the molecule is CC1(C)CC(=O)C2=C(C1)OC(=O)[C@H](NC(=O)c1ccccc1)[C@@H]2c1ccc([N+](=O)[O-])cc1. The van der Waals surface area contributed by atoms with Crippen LogP contribution >= 0.6 is 0 Å². The summed E-state index contributed by atoms with van der Waals surface area (Å²) in [5, 5.41) is 13.8. The molecule has 2 aliphatic rings. The molecular formula is C24H22N2O6. The van der Waals surface area contributed by atoms with Crippen LogP contribution in [-0.4, -0.2) is 28.6 Å². The first kappa shape index (κ1) is 21.4. The highest BCUT2D eigenvalue weighted by molar-refractivity contribution is 6.03. The van der Waals surface area contributed by atoms with Gasteiger partial charge in [-0.2, -0.15) is 0 Å². The monoisotopic (exact) mass is 434 g/mol. The van der Waals surface area contributed by atoms with Gasteiger partial charge in [0.15, 0.2) is 5.78 Å². The van der Waals surface area contributed by atoms with Gasteiger partial charge in [0.2, 0.25) is 0 Å². The van der Waals surface area contributed by atoms with Gasteiger partial charge in [-0.1, -0.05) is 44.2 Å². The Hall–Kier alpha value is -3.81. The summed E-state index contributed by atoms with van der Waals surface area (Å²) in [5.41, 5.74) is 0.749. The number of carbonyl (C=O) groups is 3. The maximum atomic E-state index is 13.1. The molecule has 8 nitrogen and oxygen atoms in total. The second kappa shape index (κ2) is 8.03. The van der Waals surface area contributed by atoms with Crippen molar-refractivity contribution in [2.24, 2.45) is 5.41 Å². The third kappa shape index (κ3) is 4.03. The van der Waals surface area contributed by atoms with Gasteiger partial charge in [-0.25, -0.2) is 4.79 Å². The smallest absolute Gasteiger partial charge is 0.334 e. The van der Waals surface area contributed by atoms with Crippen LogP contribution in [0.25, 0.3) is 0 Å². The summed E-state index contributed by atoms with van der Waals surface area (Å²) in [6.45, 7) is 3.85. The van der Waals surface area contributed by atoms with Crippen molar-refractivity contribution in [1.29, 1.82) is 0 Å². The molecule has 1 heterocycles. The zero-order chi connectivity index (χ0) is 23.0. The minimum absolute atomic E-state index is 0.109. The molecule has 32 heavy (non-hydrogen) atoms. The van der Waals surface area contributed by atoms with E-state index in [0.717, 1.165) is 0 Å². The molecular weight excluding hydrogens is 412 g/mol. The largest absolute Gasteiger partial charge is 0.429 e. The molecule has 4 rings (SSSR count). The highest BCUT2D eigenvalue weighted by Gasteiger charge is 2.48. The maximum absolute atomic E-state index is 13.1. The van der Waals surface area contributed by atoms with Crippen LogP contribution in [0.4, 0.5) is 5.69 Å². The van der Waals surface area contributed by atoms with Crippen LogP contribution in [0.1, 0.15) is 48.5 Å². The van der Waals surface area contributed by atoms with Crippen molar-refractivity contribution >= 4 is 23.3 Å². The molecule has 1 aliphatic heterocycles. The van der Waals surface area contributed by atoms with Crippen molar-refractivity contribution in [2.75, 3.05) is 0 Å². The molecule has 1 N–H and O–H groups in total. The molecule has 2 atom stereocenters. The Morgan fingerprint density at radius 2 is 1.72 bits per heavy atom. The number of nitro benzene ring substituents is 1. The Kier molecular flexibility index (Phi) is 5.38. The number of esters is 1. The van der Waals surface area contributed by atoms with E-state index >= 15 is 0 Å². The van der Waals surface area contributed by atoms with Gasteiger partial charge in [-0.15, -0.1) is 0 Å². The lowest BCUT2D eigenvalue weighted by Crippen LogP contribution is -2.51. The lowest BCUT2D eigenvalue weighted by molar-refractivity contribution is -0.384. The maximum Gasteiger partial charge on any atom is 0.334 e. The van der Waals surface area contributed by atoms with Crippen LogP contribution < -0.4 is 5.32 Å². The Morgan fingerprint density at radius 3 is 2.34 bits per heavy atom. The molecule has 0 aromatic heterocycles. The standard InChI is InChI=1S/C24H22N2O6/c1-24(2)12-17(27)20-18(13-24)32-23(29)21(25-22(28)15-6-4-3-5-7-15)19(20)14-8-10-16(11-9-14)26(30)31/h3-11,19,21H,12-13H2,1-2H3,(H,25,28)/t19-,21-/m1/s1. The first-order valence-electron chi connectivity index (χ1n) is 10.2. The Balaban J connectivity index is 1.78. The van der Waals surface area contributed by atoms with Gasteiger partial charge in [0.05, 0.1) is 4.92 Å². The quantitative estimate of drug-likeness (QED) is 0.446. The highest BCUT2D eigenvalue weighted by atomic mass is 16.6. The van der Waals surface area contributed by atoms with E-state index in [1.165, 1.54) is 24.3 Å². The number of nitrogens with zero attached hydrogens (tertiary/aromatic N) is 1. The van der Waals surface area contributed by atoms with Crippen molar-refractivity contribution in [3.8, 4) is 0 Å². The number of nitro groups is 1. The number of ether oxygens (including phenoxy) is 1. The molecule has 1 aliphatic carbocycles. The lowest BCUT2D eigenvalue weighted by Gasteiger charge is -2.40. The van der Waals surface area contributed by atoms with Gasteiger partial charge in [-0.3, -0.25) is 19.7 Å². The minimum atomic E-state index is -1.15. The van der Waals surface area contributed by atoms with Crippen LogP contribution in [0.5, 0.6) is 0 Å². The molecule has 0 fully saturated rings. The summed E-state index contributed by atoms with van der Waals surface area (Å²) in [6, 6.07) is 12.9. The molecule has 8 heteroatoms. The Labute approximate surface area is 184 Å². The molecule has 164 valence electrons. The predicted molar refractivity (Wildman–Crippen MR) is 115 cm³/mol. The first-order chi connectivity index (χ1) is 15.2. The van der Waals surface area contributed by atoms with E-state index in [-0.39, 0.29) is 23.3 Å².